The molecular weight excluding hydrogens is 190 g/mol. The van der Waals surface area contributed by atoms with Crippen LogP contribution in [0.2, 0.25) is 0 Å². The Balaban J connectivity index is 2.81. The Labute approximate surface area is 81.6 Å². The normalized spacial score (nSPS) is 13.2. The Bertz CT molecular complexity index is 302. The van der Waals surface area contributed by atoms with Gasteiger partial charge in [-0.15, -0.1) is 0 Å². The fourth-order valence-electron chi connectivity index (χ4n) is 0.943. The van der Waals surface area contributed by atoms with Gasteiger partial charge in [0.25, 0.3) is 0 Å². The fraction of sp³-hybridized carbons (Fsp3) is 0.714. The Hall–Kier alpha value is -0.290. The molecule has 1 atom stereocenters. The van der Waals surface area contributed by atoms with Gasteiger partial charge >= 0.3 is 0 Å². The van der Waals surface area contributed by atoms with E-state index in [1.165, 1.54) is 0 Å². The van der Waals surface area contributed by atoms with E-state index in [4.69, 9.17) is 12.2 Å². The molecule has 1 unspecified atom stereocenters. The number of thioether (sulfide) groups is 1. The van der Waals surface area contributed by atoms with Gasteiger partial charge in [0.2, 0.25) is 0 Å². The first-order valence-corrected chi connectivity index (χ1v) is 5.49. The lowest BCUT2D eigenvalue weighted by Crippen LogP contribution is -2.10. The molecule has 0 radical (unpaired) electrons. The van der Waals surface area contributed by atoms with Gasteiger partial charge in [0.1, 0.15) is 5.82 Å². The predicted octanol–water partition coefficient (Wildman–Crippen LogP) is 2.00. The molecule has 1 heterocycles. The molecule has 5 heteroatoms. The monoisotopic (exact) mass is 203 g/mol. The van der Waals surface area contributed by atoms with Crippen LogP contribution in [0, 0.1) is 11.7 Å². The summed E-state index contributed by atoms with van der Waals surface area (Å²) in [6, 6.07) is 0. The SMILES string of the molecule is CSC(C)Cn1c(C)n[nH]c1=S. The number of hydrogen-bond acceptors (Lipinski definition) is 3. The Morgan fingerprint density at radius 2 is 2.42 bits per heavy atom. The second-order valence-electron chi connectivity index (χ2n) is 2.73. The number of rotatable bonds is 3. The van der Waals surface area contributed by atoms with Crippen molar-refractivity contribution in [2.75, 3.05) is 6.26 Å². The zero-order chi connectivity index (χ0) is 9.14. The Morgan fingerprint density at radius 1 is 1.75 bits per heavy atom. The van der Waals surface area contributed by atoms with Crippen LogP contribution >= 0.6 is 24.0 Å². The third-order valence-corrected chi connectivity index (χ3v) is 3.06. The molecule has 0 saturated carbocycles. The molecule has 1 aromatic heterocycles. The Morgan fingerprint density at radius 3 is 2.83 bits per heavy atom. The van der Waals surface area contributed by atoms with E-state index in [2.05, 4.69) is 23.4 Å². The van der Waals surface area contributed by atoms with Crippen LogP contribution in [-0.4, -0.2) is 26.3 Å². The zero-order valence-electron chi connectivity index (χ0n) is 7.50. The first-order chi connectivity index (χ1) is 5.65. The largest absolute Gasteiger partial charge is 0.303 e. The standard InChI is InChI=1S/C7H13N3S2/c1-5(12-3)4-10-6(2)8-9-7(10)11/h5H,4H2,1-3H3,(H,9,11). The highest BCUT2D eigenvalue weighted by Crippen LogP contribution is 2.09. The molecule has 1 aromatic rings. The van der Waals surface area contributed by atoms with Crippen molar-refractivity contribution in [3.63, 3.8) is 0 Å². The number of H-pyrrole nitrogens is 1. The van der Waals surface area contributed by atoms with Gasteiger partial charge in [0.15, 0.2) is 4.77 Å². The third-order valence-electron chi connectivity index (χ3n) is 1.79. The summed E-state index contributed by atoms with van der Waals surface area (Å²) < 4.78 is 2.74. The van der Waals surface area contributed by atoms with E-state index in [0.717, 1.165) is 12.4 Å². The smallest absolute Gasteiger partial charge is 0.195 e. The summed E-state index contributed by atoms with van der Waals surface area (Å²) in [6.45, 7) is 5.07. The van der Waals surface area contributed by atoms with Crippen molar-refractivity contribution in [1.82, 2.24) is 14.8 Å². The molecule has 0 aliphatic carbocycles. The minimum atomic E-state index is 0.577. The summed E-state index contributed by atoms with van der Waals surface area (Å²) >= 11 is 6.91. The first kappa shape index (κ1) is 9.80. The van der Waals surface area contributed by atoms with Crippen molar-refractivity contribution in [3.05, 3.63) is 10.6 Å². The topological polar surface area (TPSA) is 33.6 Å². The average molecular weight is 203 g/mol. The fourth-order valence-corrected chi connectivity index (χ4v) is 1.49. The number of nitrogens with zero attached hydrogens (tertiary/aromatic N) is 2. The van der Waals surface area contributed by atoms with Gasteiger partial charge in [-0.2, -0.15) is 16.9 Å². The highest BCUT2D eigenvalue weighted by molar-refractivity contribution is 7.99. The second kappa shape index (κ2) is 4.09. The number of hydrogen-bond donors (Lipinski definition) is 1. The van der Waals surface area contributed by atoms with E-state index in [-0.39, 0.29) is 0 Å². The van der Waals surface area contributed by atoms with Gasteiger partial charge in [0, 0.05) is 11.8 Å². The molecule has 1 rings (SSSR count). The van der Waals surface area contributed by atoms with E-state index in [1.807, 2.05) is 23.3 Å². The molecule has 0 saturated heterocycles. The number of nitrogens with one attached hydrogen (secondary N) is 1. The maximum absolute atomic E-state index is 5.07. The molecule has 68 valence electrons. The summed E-state index contributed by atoms with van der Waals surface area (Å²) in [5.41, 5.74) is 0. The number of aromatic nitrogens is 3. The van der Waals surface area contributed by atoms with Crippen LogP contribution in [0.5, 0.6) is 0 Å². The van der Waals surface area contributed by atoms with E-state index in [0.29, 0.717) is 10.0 Å². The van der Waals surface area contributed by atoms with E-state index in [9.17, 15) is 0 Å². The maximum Gasteiger partial charge on any atom is 0.195 e. The van der Waals surface area contributed by atoms with Crippen LogP contribution < -0.4 is 0 Å². The summed E-state index contributed by atoms with van der Waals surface area (Å²) in [5, 5.41) is 7.39. The molecule has 0 aliphatic rings. The summed E-state index contributed by atoms with van der Waals surface area (Å²) in [5.74, 6) is 0.959. The van der Waals surface area contributed by atoms with Gasteiger partial charge in [-0.05, 0) is 25.4 Å². The van der Waals surface area contributed by atoms with Gasteiger partial charge in [0.05, 0.1) is 0 Å². The molecule has 0 spiro atoms. The van der Waals surface area contributed by atoms with Gasteiger partial charge < -0.3 is 4.57 Å². The molecule has 0 aliphatic heterocycles. The van der Waals surface area contributed by atoms with Crippen LogP contribution in [-0.2, 0) is 6.54 Å². The van der Waals surface area contributed by atoms with E-state index in [1.54, 1.807) is 0 Å². The minimum Gasteiger partial charge on any atom is -0.303 e. The molecule has 12 heavy (non-hydrogen) atoms. The van der Waals surface area contributed by atoms with Crippen molar-refractivity contribution in [3.8, 4) is 0 Å². The highest BCUT2D eigenvalue weighted by atomic mass is 32.2. The molecule has 3 nitrogen and oxygen atoms in total. The van der Waals surface area contributed by atoms with Crippen molar-refractivity contribution < 1.29 is 0 Å². The summed E-state index contributed by atoms with van der Waals surface area (Å²) in [7, 11) is 0. The minimum absolute atomic E-state index is 0.577. The van der Waals surface area contributed by atoms with Gasteiger partial charge in [-0.1, -0.05) is 6.92 Å². The first-order valence-electron chi connectivity index (χ1n) is 3.79. The summed E-state index contributed by atoms with van der Waals surface area (Å²) in [6.07, 6.45) is 2.10. The van der Waals surface area contributed by atoms with Crippen LogP contribution in [0.15, 0.2) is 0 Å². The highest BCUT2D eigenvalue weighted by Gasteiger charge is 2.04. The van der Waals surface area contributed by atoms with Crippen LogP contribution in [0.25, 0.3) is 0 Å². The number of aryl methyl sites for hydroxylation is 1. The molecule has 0 amide bonds. The quantitative estimate of drug-likeness (QED) is 0.763. The van der Waals surface area contributed by atoms with Crippen LogP contribution in [0.3, 0.4) is 0 Å². The van der Waals surface area contributed by atoms with E-state index >= 15 is 0 Å². The van der Waals surface area contributed by atoms with Crippen LogP contribution in [0.4, 0.5) is 0 Å². The molecular formula is C7H13N3S2. The summed E-state index contributed by atoms with van der Waals surface area (Å²) in [4.78, 5) is 0. The van der Waals surface area contributed by atoms with Crippen molar-refractivity contribution in [1.29, 1.82) is 0 Å². The van der Waals surface area contributed by atoms with Crippen molar-refractivity contribution in [2.45, 2.75) is 25.6 Å². The van der Waals surface area contributed by atoms with Crippen molar-refractivity contribution in [2.24, 2.45) is 0 Å². The molecule has 1 N–H and O–H groups in total. The molecule has 0 bridgehead atoms. The zero-order valence-corrected chi connectivity index (χ0v) is 9.13. The predicted molar refractivity (Wildman–Crippen MR) is 55.1 cm³/mol. The lowest BCUT2D eigenvalue weighted by Gasteiger charge is -2.09. The second-order valence-corrected chi connectivity index (χ2v) is 4.40. The van der Waals surface area contributed by atoms with Crippen LogP contribution in [0.1, 0.15) is 12.7 Å². The lowest BCUT2D eigenvalue weighted by atomic mass is 10.4. The third kappa shape index (κ3) is 2.10. The van der Waals surface area contributed by atoms with Gasteiger partial charge in [-0.25, -0.2) is 0 Å². The lowest BCUT2D eigenvalue weighted by molar-refractivity contribution is 0.662. The number of aromatic amines is 1. The maximum atomic E-state index is 5.07. The van der Waals surface area contributed by atoms with Gasteiger partial charge in [-0.3, -0.25) is 5.10 Å². The Kier molecular flexibility index (Phi) is 3.34. The van der Waals surface area contributed by atoms with Crippen molar-refractivity contribution >= 4 is 24.0 Å². The molecule has 0 aromatic carbocycles. The molecule has 0 fully saturated rings. The van der Waals surface area contributed by atoms with E-state index < -0.39 is 0 Å². The average Bonchev–Trinajstić information content (AvgIpc) is 2.35.